The summed E-state index contributed by atoms with van der Waals surface area (Å²) < 4.78 is 27.3. The Hall–Kier alpha value is -1.40. The van der Waals surface area contributed by atoms with Crippen molar-refractivity contribution in [3.8, 4) is 0 Å². The second-order valence-corrected chi connectivity index (χ2v) is 6.83. The summed E-state index contributed by atoms with van der Waals surface area (Å²) in [6, 6.07) is 13.2. The first-order chi connectivity index (χ1) is 9.94. The maximum absolute atomic E-state index is 12.3. The van der Waals surface area contributed by atoms with Gasteiger partial charge < -0.3 is 5.73 Å². The molecule has 0 aliphatic heterocycles. The summed E-state index contributed by atoms with van der Waals surface area (Å²) >= 11 is 6.08. The van der Waals surface area contributed by atoms with E-state index in [9.17, 15) is 8.42 Å². The Morgan fingerprint density at radius 3 is 2.33 bits per heavy atom. The molecule has 21 heavy (non-hydrogen) atoms. The molecule has 2 rings (SSSR count). The first-order valence-corrected chi connectivity index (χ1v) is 8.36. The Morgan fingerprint density at radius 2 is 1.76 bits per heavy atom. The van der Waals surface area contributed by atoms with Crippen molar-refractivity contribution in [2.45, 2.75) is 24.4 Å². The van der Waals surface area contributed by atoms with Crippen LogP contribution >= 0.6 is 11.6 Å². The van der Waals surface area contributed by atoms with Gasteiger partial charge >= 0.3 is 0 Å². The van der Waals surface area contributed by atoms with Crippen molar-refractivity contribution in [1.29, 1.82) is 0 Å². The molecule has 4 nitrogen and oxygen atoms in total. The van der Waals surface area contributed by atoms with Crippen LogP contribution in [0.3, 0.4) is 0 Å². The van der Waals surface area contributed by atoms with E-state index >= 15 is 0 Å². The molecule has 6 heteroatoms. The van der Waals surface area contributed by atoms with Gasteiger partial charge in [0.25, 0.3) is 0 Å². The maximum atomic E-state index is 12.3. The molecule has 0 aliphatic rings. The Balaban J connectivity index is 2.22. The van der Waals surface area contributed by atoms with Crippen LogP contribution in [0.15, 0.2) is 53.4 Å². The Labute approximate surface area is 130 Å². The minimum atomic E-state index is -3.60. The molecule has 3 N–H and O–H groups in total. The van der Waals surface area contributed by atoms with Crippen LogP contribution in [0.1, 0.15) is 24.1 Å². The van der Waals surface area contributed by atoms with Crippen LogP contribution in [-0.2, 0) is 16.6 Å². The molecule has 112 valence electrons. The average molecular weight is 325 g/mol. The average Bonchev–Trinajstić information content (AvgIpc) is 2.47. The van der Waals surface area contributed by atoms with Crippen molar-refractivity contribution >= 4 is 21.6 Å². The van der Waals surface area contributed by atoms with E-state index < -0.39 is 16.1 Å². The van der Waals surface area contributed by atoms with Crippen LogP contribution in [0, 0.1) is 0 Å². The number of hydrogen-bond acceptors (Lipinski definition) is 3. The molecule has 0 radical (unpaired) electrons. The van der Waals surface area contributed by atoms with Gasteiger partial charge in [-0.25, -0.2) is 13.1 Å². The van der Waals surface area contributed by atoms with Gasteiger partial charge in [-0.1, -0.05) is 41.9 Å². The number of hydrogen-bond donors (Lipinski definition) is 2. The third kappa shape index (κ3) is 3.83. The minimum absolute atomic E-state index is 0.207. The van der Waals surface area contributed by atoms with Crippen molar-refractivity contribution in [3.05, 3.63) is 64.7 Å². The quantitative estimate of drug-likeness (QED) is 0.888. The molecule has 2 aromatic rings. The van der Waals surface area contributed by atoms with E-state index in [0.717, 1.165) is 11.1 Å². The van der Waals surface area contributed by atoms with E-state index in [4.69, 9.17) is 17.3 Å². The van der Waals surface area contributed by atoms with E-state index in [1.807, 2.05) is 6.07 Å². The molecule has 0 spiro atoms. The van der Waals surface area contributed by atoms with Crippen LogP contribution in [0.5, 0.6) is 0 Å². The van der Waals surface area contributed by atoms with Crippen LogP contribution in [-0.4, -0.2) is 8.42 Å². The topological polar surface area (TPSA) is 72.2 Å². The zero-order valence-corrected chi connectivity index (χ0v) is 13.2. The Morgan fingerprint density at radius 1 is 1.14 bits per heavy atom. The monoisotopic (exact) mass is 324 g/mol. The number of nitrogens with one attached hydrogen (secondary N) is 1. The van der Waals surface area contributed by atoms with Gasteiger partial charge in [-0.15, -0.1) is 0 Å². The van der Waals surface area contributed by atoms with Crippen molar-refractivity contribution in [1.82, 2.24) is 4.72 Å². The normalized spacial score (nSPS) is 13.1. The summed E-state index contributed by atoms with van der Waals surface area (Å²) in [7, 11) is -3.60. The highest BCUT2D eigenvalue weighted by molar-refractivity contribution is 7.89. The molecule has 0 heterocycles. The third-order valence-corrected chi connectivity index (χ3v) is 5.07. The summed E-state index contributed by atoms with van der Waals surface area (Å²) in [5.41, 5.74) is 7.12. The van der Waals surface area contributed by atoms with Gasteiger partial charge in [0.2, 0.25) is 10.0 Å². The van der Waals surface area contributed by atoms with E-state index in [0.29, 0.717) is 11.6 Å². The summed E-state index contributed by atoms with van der Waals surface area (Å²) in [5, 5.41) is 0.533. The fourth-order valence-electron chi connectivity index (χ4n) is 2.00. The summed E-state index contributed by atoms with van der Waals surface area (Å²) in [6.45, 7) is 2.14. The van der Waals surface area contributed by atoms with Crippen LogP contribution in [0.4, 0.5) is 0 Å². The molecule has 2 aromatic carbocycles. The summed E-state index contributed by atoms with van der Waals surface area (Å²) in [5.74, 6) is 0. The molecule has 0 aliphatic carbocycles. The first-order valence-electron chi connectivity index (χ1n) is 6.50. The zero-order valence-electron chi connectivity index (χ0n) is 11.6. The summed E-state index contributed by atoms with van der Waals surface area (Å²) in [6.07, 6.45) is 0. The van der Waals surface area contributed by atoms with Crippen molar-refractivity contribution in [2.24, 2.45) is 5.73 Å². The SMILES string of the molecule is CC(NS(=O)(=O)c1ccc(CN)cc1)c1ccccc1Cl. The largest absolute Gasteiger partial charge is 0.326 e. The lowest BCUT2D eigenvalue weighted by atomic mass is 10.1. The molecule has 0 saturated heterocycles. The summed E-state index contributed by atoms with van der Waals surface area (Å²) in [4.78, 5) is 0.207. The van der Waals surface area contributed by atoms with Crippen LogP contribution < -0.4 is 10.5 Å². The molecule has 0 fully saturated rings. The second kappa shape index (κ2) is 6.58. The molecular weight excluding hydrogens is 308 g/mol. The predicted molar refractivity (Wildman–Crippen MR) is 84.5 cm³/mol. The van der Waals surface area contributed by atoms with Gasteiger partial charge in [0, 0.05) is 17.6 Å². The standard InChI is InChI=1S/C15H17ClN2O2S/c1-11(14-4-2-3-5-15(14)16)18-21(19,20)13-8-6-12(10-17)7-9-13/h2-9,11,18H,10,17H2,1H3. The van der Waals surface area contributed by atoms with Gasteiger partial charge in [0.15, 0.2) is 0 Å². The lowest BCUT2D eigenvalue weighted by molar-refractivity contribution is 0.567. The number of sulfonamides is 1. The first kappa shape index (κ1) is 16.0. The molecule has 1 atom stereocenters. The number of halogens is 1. The lowest BCUT2D eigenvalue weighted by Gasteiger charge is -2.16. The Bertz CT molecular complexity index is 715. The van der Waals surface area contributed by atoms with Crippen molar-refractivity contribution in [3.63, 3.8) is 0 Å². The fraction of sp³-hybridized carbons (Fsp3) is 0.200. The number of nitrogens with two attached hydrogens (primary N) is 1. The van der Waals surface area contributed by atoms with Crippen LogP contribution in [0.25, 0.3) is 0 Å². The molecule has 1 unspecified atom stereocenters. The van der Waals surface area contributed by atoms with Crippen molar-refractivity contribution < 1.29 is 8.42 Å². The van der Waals surface area contributed by atoms with E-state index in [2.05, 4.69) is 4.72 Å². The fourth-order valence-corrected chi connectivity index (χ4v) is 3.52. The van der Waals surface area contributed by atoms with Crippen LogP contribution in [0.2, 0.25) is 5.02 Å². The minimum Gasteiger partial charge on any atom is -0.326 e. The van der Waals surface area contributed by atoms with E-state index in [-0.39, 0.29) is 4.90 Å². The molecular formula is C15H17ClN2O2S. The van der Waals surface area contributed by atoms with Gasteiger partial charge in [-0.05, 0) is 36.2 Å². The van der Waals surface area contributed by atoms with Crippen molar-refractivity contribution in [2.75, 3.05) is 0 Å². The smallest absolute Gasteiger partial charge is 0.241 e. The predicted octanol–water partition coefficient (Wildman–Crippen LogP) is 2.84. The van der Waals surface area contributed by atoms with Gasteiger partial charge in [-0.2, -0.15) is 0 Å². The lowest BCUT2D eigenvalue weighted by Crippen LogP contribution is -2.27. The van der Waals surface area contributed by atoms with Gasteiger partial charge in [-0.3, -0.25) is 0 Å². The maximum Gasteiger partial charge on any atom is 0.241 e. The Kier molecular flexibility index (Phi) is 5.00. The third-order valence-electron chi connectivity index (χ3n) is 3.17. The highest BCUT2D eigenvalue weighted by Gasteiger charge is 2.19. The van der Waals surface area contributed by atoms with Gasteiger partial charge in [0.1, 0.15) is 0 Å². The molecule has 0 aromatic heterocycles. The van der Waals surface area contributed by atoms with Gasteiger partial charge in [0.05, 0.1) is 4.90 Å². The zero-order chi connectivity index (χ0) is 15.5. The van der Waals surface area contributed by atoms with E-state index in [1.54, 1.807) is 49.4 Å². The highest BCUT2D eigenvalue weighted by Crippen LogP contribution is 2.24. The second-order valence-electron chi connectivity index (χ2n) is 4.71. The number of benzene rings is 2. The molecule has 0 bridgehead atoms. The highest BCUT2D eigenvalue weighted by atomic mass is 35.5. The van der Waals surface area contributed by atoms with E-state index in [1.165, 1.54) is 0 Å². The number of rotatable bonds is 5. The molecule has 0 saturated carbocycles. The molecule has 0 amide bonds.